The summed E-state index contributed by atoms with van der Waals surface area (Å²) in [6, 6.07) is 14.1. The molecule has 0 unspecified atom stereocenters. The van der Waals surface area contributed by atoms with Gasteiger partial charge in [0.2, 0.25) is 21.9 Å². The summed E-state index contributed by atoms with van der Waals surface area (Å²) in [6.45, 7) is 2.20. The average molecular weight is 564 g/mol. The topological polar surface area (TPSA) is 138 Å². The van der Waals surface area contributed by atoms with Crippen molar-refractivity contribution in [2.75, 3.05) is 23.1 Å². The van der Waals surface area contributed by atoms with Crippen LogP contribution in [0.15, 0.2) is 65.7 Å². The molecule has 4 rings (SSSR count). The Hall–Kier alpha value is -3.06. The largest absolute Gasteiger partial charge is 0.326 e. The zero-order chi connectivity index (χ0) is 26.6. The van der Waals surface area contributed by atoms with Crippen LogP contribution >= 0.6 is 11.6 Å². The van der Waals surface area contributed by atoms with Crippen molar-refractivity contribution in [2.45, 2.75) is 30.4 Å². The van der Waals surface area contributed by atoms with Crippen LogP contribution in [-0.2, 0) is 30.6 Å². The summed E-state index contributed by atoms with van der Waals surface area (Å²) in [7, 11) is -7.43. The molecule has 2 heterocycles. The van der Waals surface area contributed by atoms with Crippen LogP contribution in [0.4, 0.5) is 11.6 Å². The van der Waals surface area contributed by atoms with Gasteiger partial charge in [-0.15, -0.1) is 0 Å². The van der Waals surface area contributed by atoms with Gasteiger partial charge < -0.3 is 5.32 Å². The molecule has 196 valence electrons. The van der Waals surface area contributed by atoms with Gasteiger partial charge >= 0.3 is 0 Å². The molecule has 1 fully saturated rings. The van der Waals surface area contributed by atoms with Crippen LogP contribution in [0.5, 0.6) is 0 Å². The minimum absolute atomic E-state index is 0.00572. The van der Waals surface area contributed by atoms with Crippen molar-refractivity contribution in [2.24, 2.45) is 5.92 Å². The van der Waals surface area contributed by atoms with Gasteiger partial charge in [-0.2, -0.15) is 0 Å². The maximum atomic E-state index is 12.8. The molecule has 1 aliphatic heterocycles. The van der Waals surface area contributed by atoms with Crippen molar-refractivity contribution < 1.29 is 21.6 Å². The minimum Gasteiger partial charge on any atom is -0.326 e. The Balaban J connectivity index is 1.31. The van der Waals surface area contributed by atoms with E-state index in [9.17, 15) is 21.6 Å². The van der Waals surface area contributed by atoms with E-state index in [4.69, 9.17) is 11.6 Å². The number of rotatable bonds is 8. The number of nitrogens with one attached hydrogen (secondary N) is 2. The van der Waals surface area contributed by atoms with Gasteiger partial charge in [-0.3, -0.25) is 4.79 Å². The summed E-state index contributed by atoms with van der Waals surface area (Å²) >= 11 is 5.96. The molecule has 2 aromatic carbocycles. The number of anilines is 2. The van der Waals surface area contributed by atoms with Crippen molar-refractivity contribution in [3.8, 4) is 0 Å². The molecule has 3 aromatic rings. The SMILES string of the molecule is Cc1ccnc(NS(=O)(=O)c2ccc(NC(=O)C3CCN(S(=O)(=O)Cc4cccc(Cl)c4)CC3)cc2)n1. The second kappa shape index (κ2) is 11.1. The van der Waals surface area contributed by atoms with Gasteiger partial charge in [-0.05, 0) is 67.8 Å². The molecule has 1 amide bonds. The smallest absolute Gasteiger partial charge is 0.264 e. The standard InChI is InChI=1S/C24H26ClN5O5S2/c1-17-9-12-26-24(27-17)29-37(34,35)22-7-5-21(6-8-22)28-23(31)19-10-13-30(14-11-19)36(32,33)16-18-3-2-4-20(25)15-18/h2-9,12,15,19H,10-11,13-14,16H2,1H3,(H,28,31)(H,26,27,29). The van der Waals surface area contributed by atoms with Crippen molar-refractivity contribution in [3.63, 3.8) is 0 Å². The summed E-state index contributed by atoms with van der Waals surface area (Å²) in [4.78, 5) is 20.7. The number of piperidine rings is 1. The van der Waals surface area contributed by atoms with Crippen LogP contribution in [0.3, 0.4) is 0 Å². The van der Waals surface area contributed by atoms with Crippen LogP contribution in [0.1, 0.15) is 24.1 Å². The Kier molecular flexibility index (Phi) is 8.12. The molecule has 10 nitrogen and oxygen atoms in total. The molecule has 37 heavy (non-hydrogen) atoms. The first-order valence-corrected chi connectivity index (χ1v) is 14.9. The Bertz CT molecular complexity index is 1490. The van der Waals surface area contributed by atoms with Crippen molar-refractivity contribution in [1.29, 1.82) is 0 Å². The molecule has 1 aliphatic rings. The molecule has 0 radical (unpaired) electrons. The van der Waals surface area contributed by atoms with Gasteiger partial charge in [-0.1, -0.05) is 23.7 Å². The summed E-state index contributed by atoms with van der Waals surface area (Å²) in [5.74, 6) is -0.780. The van der Waals surface area contributed by atoms with Crippen LogP contribution in [0, 0.1) is 12.8 Å². The fraction of sp³-hybridized carbons (Fsp3) is 0.292. The molecule has 13 heteroatoms. The fourth-order valence-corrected chi connectivity index (χ4v) is 6.68. The lowest BCUT2D eigenvalue weighted by Crippen LogP contribution is -2.41. The van der Waals surface area contributed by atoms with Gasteiger partial charge in [0, 0.05) is 41.6 Å². The maximum absolute atomic E-state index is 12.8. The normalized spacial score (nSPS) is 15.3. The molecule has 0 saturated carbocycles. The van der Waals surface area contributed by atoms with Gasteiger partial charge in [0.05, 0.1) is 10.6 Å². The van der Waals surface area contributed by atoms with Crippen molar-refractivity contribution in [3.05, 3.63) is 77.1 Å². The lowest BCUT2D eigenvalue weighted by Gasteiger charge is -2.30. The average Bonchev–Trinajstić information content (AvgIpc) is 2.84. The monoisotopic (exact) mass is 563 g/mol. The van der Waals surface area contributed by atoms with Gasteiger partial charge in [0.15, 0.2) is 0 Å². The Morgan fingerprint density at radius 1 is 1.05 bits per heavy atom. The Labute approximate surface area is 221 Å². The van der Waals surface area contributed by atoms with E-state index in [1.165, 1.54) is 34.8 Å². The van der Waals surface area contributed by atoms with Crippen LogP contribution in [0.25, 0.3) is 0 Å². The first kappa shape index (κ1) is 27.0. The summed E-state index contributed by atoms with van der Waals surface area (Å²) in [6.07, 6.45) is 2.22. The Morgan fingerprint density at radius 3 is 2.41 bits per heavy atom. The lowest BCUT2D eigenvalue weighted by molar-refractivity contribution is -0.120. The molecule has 0 aliphatic carbocycles. The summed E-state index contributed by atoms with van der Waals surface area (Å²) in [5, 5.41) is 3.26. The Morgan fingerprint density at radius 2 is 1.76 bits per heavy atom. The number of nitrogens with zero attached hydrogens (tertiary/aromatic N) is 3. The highest BCUT2D eigenvalue weighted by molar-refractivity contribution is 7.92. The molecule has 1 aromatic heterocycles. The van der Waals surface area contributed by atoms with E-state index < -0.39 is 20.0 Å². The zero-order valence-corrected chi connectivity index (χ0v) is 22.4. The zero-order valence-electron chi connectivity index (χ0n) is 20.0. The second-order valence-corrected chi connectivity index (χ2v) is 12.8. The second-order valence-electron chi connectivity index (χ2n) is 8.70. The van der Waals surface area contributed by atoms with Crippen LogP contribution in [-0.4, -0.2) is 50.1 Å². The van der Waals surface area contributed by atoms with Crippen molar-refractivity contribution >= 4 is 49.2 Å². The number of hydrogen-bond acceptors (Lipinski definition) is 7. The molecule has 0 spiro atoms. The number of halogens is 1. The summed E-state index contributed by atoms with van der Waals surface area (Å²) in [5.41, 5.74) is 1.67. The van der Waals surface area contributed by atoms with E-state index in [0.29, 0.717) is 34.8 Å². The predicted molar refractivity (Wildman–Crippen MR) is 141 cm³/mol. The number of aryl methyl sites for hydroxylation is 1. The number of benzene rings is 2. The number of aromatic nitrogens is 2. The highest BCUT2D eigenvalue weighted by Crippen LogP contribution is 2.24. The minimum atomic E-state index is -3.90. The van der Waals surface area contributed by atoms with E-state index in [1.807, 2.05) is 0 Å². The van der Waals surface area contributed by atoms with E-state index in [-0.39, 0.29) is 41.5 Å². The third-order valence-corrected chi connectivity index (χ3v) is 9.34. The fourth-order valence-electron chi connectivity index (χ4n) is 3.96. The number of hydrogen-bond donors (Lipinski definition) is 2. The highest BCUT2D eigenvalue weighted by atomic mass is 35.5. The third kappa shape index (κ3) is 7.04. The lowest BCUT2D eigenvalue weighted by atomic mass is 9.97. The van der Waals surface area contributed by atoms with Gasteiger partial charge in [0.25, 0.3) is 10.0 Å². The molecule has 1 saturated heterocycles. The quantitative estimate of drug-likeness (QED) is 0.428. The molecule has 0 atom stereocenters. The maximum Gasteiger partial charge on any atom is 0.264 e. The van der Waals surface area contributed by atoms with Crippen LogP contribution in [0.2, 0.25) is 5.02 Å². The number of carbonyl (C=O) groups is 1. The molecular formula is C24H26ClN5O5S2. The highest BCUT2D eigenvalue weighted by Gasteiger charge is 2.31. The number of amides is 1. The molecular weight excluding hydrogens is 538 g/mol. The van der Waals surface area contributed by atoms with E-state index in [2.05, 4.69) is 20.0 Å². The third-order valence-electron chi connectivity index (χ3n) is 5.91. The first-order chi connectivity index (χ1) is 17.5. The van der Waals surface area contributed by atoms with E-state index in [0.717, 1.165) is 0 Å². The number of carbonyl (C=O) groups excluding carboxylic acids is 1. The predicted octanol–water partition coefficient (Wildman–Crippen LogP) is 3.42. The van der Waals surface area contributed by atoms with Gasteiger partial charge in [0.1, 0.15) is 0 Å². The molecule has 0 bridgehead atoms. The number of sulfonamides is 2. The first-order valence-electron chi connectivity index (χ1n) is 11.5. The van der Waals surface area contributed by atoms with E-state index in [1.54, 1.807) is 37.3 Å². The molecule has 2 N–H and O–H groups in total. The summed E-state index contributed by atoms with van der Waals surface area (Å²) < 4.78 is 54.5. The van der Waals surface area contributed by atoms with Crippen molar-refractivity contribution in [1.82, 2.24) is 14.3 Å². The van der Waals surface area contributed by atoms with E-state index >= 15 is 0 Å². The van der Waals surface area contributed by atoms with Crippen LogP contribution < -0.4 is 10.0 Å². The van der Waals surface area contributed by atoms with Gasteiger partial charge in [-0.25, -0.2) is 35.8 Å².